The minimum atomic E-state index is -4.79. The number of sulfonamides is 1. The Labute approximate surface area is 184 Å². The van der Waals surface area contributed by atoms with E-state index in [1.807, 2.05) is 0 Å². The third-order valence-electron chi connectivity index (χ3n) is 6.17. The largest absolute Gasteiger partial charge is 0.417 e. The first kappa shape index (κ1) is 24.6. The molecule has 1 aliphatic carbocycles. The Balaban J connectivity index is 1.68. The predicted octanol–water partition coefficient (Wildman–Crippen LogP) is 4.73. The number of alkyl halides is 3. The molecule has 0 bridgehead atoms. The van der Waals surface area contributed by atoms with Crippen molar-refractivity contribution in [1.29, 1.82) is 0 Å². The van der Waals surface area contributed by atoms with Crippen molar-refractivity contribution in [3.05, 3.63) is 65.2 Å². The highest BCUT2D eigenvalue weighted by molar-refractivity contribution is 7.89. The van der Waals surface area contributed by atoms with Crippen molar-refractivity contribution in [2.45, 2.75) is 55.3 Å². The molecule has 2 N–H and O–H groups in total. The van der Waals surface area contributed by atoms with Crippen LogP contribution >= 0.6 is 0 Å². The quantitative estimate of drug-likeness (QED) is 0.613. The molecule has 1 fully saturated rings. The molecule has 1 saturated carbocycles. The second kappa shape index (κ2) is 9.44. The second-order valence-electron chi connectivity index (χ2n) is 8.19. The maximum Gasteiger partial charge on any atom is 0.417 e. The molecule has 0 unspecified atom stereocenters. The Morgan fingerprint density at radius 2 is 1.69 bits per heavy atom. The molecule has 10 heteroatoms. The molecule has 2 aromatic rings. The van der Waals surface area contributed by atoms with Crippen molar-refractivity contribution < 1.29 is 30.4 Å². The van der Waals surface area contributed by atoms with E-state index in [-0.39, 0.29) is 17.9 Å². The lowest BCUT2D eigenvalue weighted by molar-refractivity contribution is -0.139. The molecule has 0 aliphatic heterocycles. The summed E-state index contributed by atoms with van der Waals surface area (Å²) < 4.78 is 94.1. The van der Waals surface area contributed by atoms with E-state index in [0.29, 0.717) is 25.7 Å². The average molecular weight is 477 g/mol. The highest BCUT2D eigenvalue weighted by atomic mass is 32.2. The van der Waals surface area contributed by atoms with Crippen LogP contribution in [0.25, 0.3) is 0 Å². The summed E-state index contributed by atoms with van der Waals surface area (Å²) in [7, 11) is -3.07. The topological polar surface area (TPSA) is 63.4 Å². The summed E-state index contributed by atoms with van der Waals surface area (Å²) in [6.45, 7) is 0. The molecule has 2 aromatic carbocycles. The Hall–Kier alpha value is -2.04. The van der Waals surface area contributed by atoms with Gasteiger partial charge in [-0.3, -0.25) is 0 Å². The van der Waals surface area contributed by atoms with Crippen molar-refractivity contribution >= 4 is 10.0 Å². The Bertz CT molecular complexity index is 1050. The van der Waals surface area contributed by atoms with Crippen LogP contribution in [0, 0.1) is 17.6 Å². The lowest BCUT2D eigenvalue weighted by Gasteiger charge is -2.36. The molecule has 3 rings (SSSR count). The van der Waals surface area contributed by atoms with Gasteiger partial charge in [-0.1, -0.05) is 12.1 Å². The number of hydrogen-bond acceptors (Lipinski definition) is 3. The van der Waals surface area contributed by atoms with Gasteiger partial charge in [0.05, 0.1) is 10.5 Å². The van der Waals surface area contributed by atoms with E-state index in [9.17, 15) is 30.4 Å². The Morgan fingerprint density at radius 1 is 1.06 bits per heavy atom. The highest BCUT2D eigenvalue weighted by Crippen LogP contribution is 2.37. The van der Waals surface area contributed by atoms with Gasteiger partial charge in [-0.15, -0.1) is 0 Å². The SMILES string of the molecule is CN(C1CCC([C@H](N)Cc2cc(F)ccc2F)CC1)S(=O)(=O)c1ccccc1C(F)(F)F. The van der Waals surface area contributed by atoms with Crippen LogP contribution in [-0.4, -0.2) is 31.9 Å². The van der Waals surface area contributed by atoms with Crippen LogP contribution in [0.15, 0.2) is 47.4 Å². The average Bonchev–Trinajstić information content (AvgIpc) is 2.75. The summed E-state index contributed by atoms with van der Waals surface area (Å²) in [5.41, 5.74) is 5.21. The van der Waals surface area contributed by atoms with Gasteiger partial charge < -0.3 is 5.73 Å². The molecule has 4 nitrogen and oxygen atoms in total. The lowest BCUT2D eigenvalue weighted by Crippen LogP contribution is -2.43. The second-order valence-corrected chi connectivity index (χ2v) is 10.2. The molecule has 1 atom stereocenters. The number of halogens is 5. The summed E-state index contributed by atoms with van der Waals surface area (Å²) in [6.07, 6.45) is -2.76. The standard InChI is InChI=1S/C22H25F5N2O2S/c1-29(32(30,31)21-5-3-2-4-18(21)22(25,26)27)17-9-6-14(7-10-17)20(28)13-15-12-16(23)8-11-19(15)24/h2-5,8,11-12,14,17,20H,6-7,9-10,13,28H2,1H3/t14?,17?,20-/m1/s1. The third-order valence-corrected chi connectivity index (χ3v) is 8.14. The van der Waals surface area contributed by atoms with Gasteiger partial charge >= 0.3 is 6.18 Å². The Morgan fingerprint density at radius 3 is 2.31 bits per heavy atom. The third kappa shape index (κ3) is 5.29. The van der Waals surface area contributed by atoms with Crippen LogP contribution in [0.1, 0.15) is 36.8 Å². The van der Waals surface area contributed by atoms with Crippen molar-refractivity contribution in [2.24, 2.45) is 11.7 Å². The number of hydrogen-bond donors (Lipinski definition) is 1. The van der Waals surface area contributed by atoms with Crippen molar-refractivity contribution in [2.75, 3.05) is 7.05 Å². The summed E-state index contributed by atoms with van der Waals surface area (Å²) >= 11 is 0. The zero-order valence-electron chi connectivity index (χ0n) is 17.4. The molecule has 0 spiro atoms. The monoisotopic (exact) mass is 476 g/mol. The summed E-state index contributed by atoms with van der Waals surface area (Å²) in [6, 6.07) is 6.39. The van der Waals surface area contributed by atoms with Gasteiger partial charge in [0, 0.05) is 19.1 Å². The van der Waals surface area contributed by atoms with Crippen LogP contribution in [0.2, 0.25) is 0 Å². The van der Waals surface area contributed by atoms with Gasteiger partial charge in [0.25, 0.3) is 0 Å². The van der Waals surface area contributed by atoms with Crippen molar-refractivity contribution in [3.8, 4) is 0 Å². The van der Waals surface area contributed by atoms with Crippen LogP contribution in [-0.2, 0) is 22.6 Å². The lowest BCUT2D eigenvalue weighted by atomic mass is 9.80. The molecular formula is C22H25F5N2O2S. The molecule has 176 valence electrons. The van der Waals surface area contributed by atoms with Crippen LogP contribution in [0.4, 0.5) is 22.0 Å². The maximum absolute atomic E-state index is 13.9. The van der Waals surface area contributed by atoms with Gasteiger partial charge in [-0.05, 0) is 73.9 Å². The fourth-order valence-corrected chi connectivity index (χ4v) is 5.92. The van der Waals surface area contributed by atoms with Crippen LogP contribution < -0.4 is 5.73 Å². The first-order valence-corrected chi connectivity index (χ1v) is 11.7. The zero-order chi connectivity index (χ0) is 23.7. The minimum Gasteiger partial charge on any atom is -0.327 e. The van der Waals surface area contributed by atoms with E-state index in [0.717, 1.165) is 40.7 Å². The van der Waals surface area contributed by atoms with Gasteiger partial charge in [-0.25, -0.2) is 17.2 Å². The normalized spacial score (nSPS) is 21.0. The van der Waals surface area contributed by atoms with E-state index in [2.05, 4.69) is 0 Å². The minimum absolute atomic E-state index is 0.0347. The molecule has 0 heterocycles. The van der Waals surface area contributed by atoms with E-state index in [1.54, 1.807) is 0 Å². The number of nitrogens with zero attached hydrogens (tertiary/aromatic N) is 1. The van der Waals surface area contributed by atoms with E-state index < -0.39 is 50.4 Å². The van der Waals surface area contributed by atoms with Crippen LogP contribution in [0.5, 0.6) is 0 Å². The smallest absolute Gasteiger partial charge is 0.327 e. The fraction of sp³-hybridized carbons (Fsp3) is 0.455. The van der Waals surface area contributed by atoms with E-state index in [4.69, 9.17) is 5.73 Å². The Kier molecular flexibility index (Phi) is 7.26. The van der Waals surface area contributed by atoms with Crippen LogP contribution in [0.3, 0.4) is 0 Å². The molecule has 0 amide bonds. The van der Waals surface area contributed by atoms with E-state index in [1.165, 1.54) is 13.1 Å². The maximum atomic E-state index is 13.9. The molecule has 32 heavy (non-hydrogen) atoms. The molecule has 0 radical (unpaired) electrons. The van der Waals surface area contributed by atoms with Gasteiger partial charge in [0.1, 0.15) is 11.6 Å². The molecular weight excluding hydrogens is 451 g/mol. The van der Waals surface area contributed by atoms with Crippen molar-refractivity contribution in [1.82, 2.24) is 4.31 Å². The molecule has 1 aliphatic rings. The summed E-state index contributed by atoms with van der Waals surface area (Å²) in [5.74, 6) is -1.12. The van der Waals surface area contributed by atoms with Gasteiger partial charge in [0.2, 0.25) is 10.0 Å². The zero-order valence-corrected chi connectivity index (χ0v) is 18.3. The van der Waals surface area contributed by atoms with Gasteiger partial charge in [0.15, 0.2) is 0 Å². The molecule has 0 aromatic heterocycles. The highest BCUT2D eigenvalue weighted by Gasteiger charge is 2.40. The number of nitrogens with two attached hydrogens (primary N) is 1. The van der Waals surface area contributed by atoms with Crippen molar-refractivity contribution in [3.63, 3.8) is 0 Å². The fourth-order valence-electron chi connectivity index (χ4n) is 4.29. The first-order chi connectivity index (χ1) is 14.9. The predicted molar refractivity (Wildman–Crippen MR) is 110 cm³/mol. The number of rotatable bonds is 6. The molecule has 0 saturated heterocycles. The van der Waals surface area contributed by atoms with E-state index >= 15 is 0 Å². The van der Waals surface area contributed by atoms with Gasteiger partial charge in [-0.2, -0.15) is 17.5 Å². The summed E-state index contributed by atoms with van der Waals surface area (Å²) in [4.78, 5) is -0.768. The first-order valence-electron chi connectivity index (χ1n) is 10.2. The summed E-state index contributed by atoms with van der Waals surface area (Å²) in [5, 5.41) is 0. The number of benzene rings is 2.